The average Bonchev–Trinajstić information content (AvgIpc) is 3.05. The third kappa shape index (κ3) is 2.71. The predicted molar refractivity (Wildman–Crippen MR) is 89.9 cm³/mol. The molecule has 0 saturated carbocycles. The highest BCUT2D eigenvalue weighted by molar-refractivity contribution is 7.15. The molecule has 0 unspecified atom stereocenters. The van der Waals surface area contributed by atoms with Crippen molar-refractivity contribution in [2.75, 3.05) is 5.32 Å². The molecule has 22 heavy (non-hydrogen) atoms. The first-order valence-electron chi connectivity index (χ1n) is 6.85. The lowest BCUT2D eigenvalue weighted by molar-refractivity contribution is 0.101. The maximum absolute atomic E-state index is 12.4. The highest BCUT2D eigenvalue weighted by Gasteiger charge is 2.16. The molecule has 0 aliphatic rings. The number of anilines is 1. The summed E-state index contributed by atoms with van der Waals surface area (Å²) < 4.78 is 1.82. The number of fused-ring (bicyclic) bond motifs is 1. The first-order chi connectivity index (χ1) is 10.5. The Labute approximate surface area is 136 Å². The SMILES string of the molecule is CC(C)c1nnc(NC(=O)c2cc3ccc(Cl)cc3n2C)s1. The molecule has 0 spiro atoms. The molecule has 0 fully saturated rings. The second kappa shape index (κ2) is 5.70. The average molecular weight is 335 g/mol. The first-order valence-corrected chi connectivity index (χ1v) is 8.05. The lowest BCUT2D eigenvalue weighted by Gasteiger charge is -2.03. The van der Waals surface area contributed by atoms with E-state index in [0.717, 1.165) is 15.9 Å². The zero-order valence-corrected chi connectivity index (χ0v) is 14.0. The monoisotopic (exact) mass is 334 g/mol. The van der Waals surface area contributed by atoms with Crippen molar-refractivity contribution in [1.82, 2.24) is 14.8 Å². The fourth-order valence-corrected chi connectivity index (χ4v) is 3.11. The van der Waals surface area contributed by atoms with Gasteiger partial charge in [-0.05, 0) is 18.2 Å². The molecule has 114 valence electrons. The summed E-state index contributed by atoms with van der Waals surface area (Å²) in [4.78, 5) is 12.4. The molecule has 0 aliphatic carbocycles. The molecule has 0 radical (unpaired) electrons. The standard InChI is InChI=1S/C15H15ClN4OS/c1-8(2)14-18-19-15(22-14)17-13(21)12-6-9-4-5-10(16)7-11(9)20(12)3/h4-8H,1-3H3,(H,17,19,21). The van der Waals surface area contributed by atoms with Gasteiger partial charge in [0.2, 0.25) is 5.13 Å². The lowest BCUT2D eigenvalue weighted by Crippen LogP contribution is -2.15. The van der Waals surface area contributed by atoms with Crippen molar-refractivity contribution < 1.29 is 4.79 Å². The number of hydrogen-bond acceptors (Lipinski definition) is 4. The first kappa shape index (κ1) is 15.0. The van der Waals surface area contributed by atoms with Crippen LogP contribution in [0.15, 0.2) is 24.3 Å². The molecule has 7 heteroatoms. The van der Waals surface area contributed by atoms with Crippen molar-refractivity contribution in [3.63, 3.8) is 0 Å². The zero-order valence-electron chi connectivity index (χ0n) is 12.4. The van der Waals surface area contributed by atoms with Gasteiger partial charge in [0, 0.05) is 28.9 Å². The Morgan fingerprint density at radius 2 is 2.09 bits per heavy atom. The number of nitrogens with one attached hydrogen (secondary N) is 1. The molecule has 5 nitrogen and oxygen atoms in total. The van der Waals surface area contributed by atoms with E-state index in [-0.39, 0.29) is 5.91 Å². The zero-order chi connectivity index (χ0) is 15.9. The van der Waals surface area contributed by atoms with Gasteiger partial charge in [-0.1, -0.05) is 42.9 Å². The fourth-order valence-electron chi connectivity index (χ4n) is 2.20. The minimum Gasteiger partial charge on any atom is -0.340 e. The highest BCUT2D eigenvalue weighted by Crippen LogP contribution is 2.25. The maximum Gasteiger partial charge on any atom is 0.274 e. The molecule has 1 aromatic carbocycles. The number of hydrogen-bond donors (Lipinski definition) is 1. The van der Waals surface area contributed by atoms with Gasteiger partial charge >= 0.3 is 0 Å². The van der Waals surface area contributed by atoms with Gasteiger partial charge in [-0.3, -0.25) is 10.1 Å². The van der Waals surface area contributed by atoms with Crippen LogP contribution >= 0.6 is 22.9 Å². The molecular formula is C15H15ClN4OS. The van der Waals surface area contributed by atoms with Crippen LogP contribution in [0, 0.1) is 0 Å². The molecule has 1 N–H and O–H groups in total. The van der Waals surface area contributed by atoms with Crippen LogP contribution in [-0.2, 0) is 7.05 Å². The van der Waals surface area contributed by atoms with E-state index in [1.807, 2.05) is 49.7 Å². The molecule has 3 aromatic rings. The van der Waals surface area contributed by atoms with E-state index in [4.69, 9.17) is 11.6 Å². The van der Waals surface area contributed by atoms with Crippen LogP contribution in [0.4, 0.5) is 5.13 Å². The minimum absolute atomic E-state index is 0.207. The van der Waals surface area contributed by atoms with Gasteiger partial charge in [0.05, 0.1) is 0 Å². The third-order valence-corrected chi connectivity index (χ3v) is 4.77. The number of nitrogens with zero attached hydrogens (tertiary/aromatic N) is 3. The van der Waals surface area contributed by atoms with Crippen molar-refractivity contribution >= 4 is 44.9 Å². The lowest BCUT2D eigenvalue weighted by atomic mass is 10.2. The predicted octanol–water partition coefficient (Wildman–Crippen LogP) is 4.06. The number of amides is 1. The second-order valence-corrected chi connectivity index (χ2v) is 6.79. The molecule has 1 amide bonds. The van der Waals surface area contributed by atoms with Gasteiger partial charge in [0.15, 0.2) is 0 Å². The number of halogens is 1. The minimum atomic E-state index is -0.207. The van der Waals surface area contributed by atoms with Gasteiger partial charge in [-0.15, -0.1) is 10.2 Å². The Morgan fingerprint density at radius 3 is 2.77 bits per heavy atom. The van der Waals surface area contributed by atoms with E-state index in [1.165, 1.54) is 11.3 Å². The third-order valence-electron chi connectivity index (χ3n) is 3.40. The van der Waals surface area contributed by atoms with Gasteiger partial charge < -0.3 is 4.57 Å². The Balaban J connectivity index is 1.90. The van der Waals surface area contributed by atoms with Gasteiger partial charge in [0.1, 0.15) is 10.7 Å². The summed E-state index contributed by atoms with van der Waals surface area (Å²) in [6, 6.07) is 7.39. The molecular weight excluding hydrogens is 320 g/mol. The van der Waals surface area contributed by atoms with E-state index in [0.29, 0.717) is 21.8 Å². The van der Waals surface area contributed by atoms with Crippen LogP contribution in [0.5, 0.6) is 0 Å². The molecule has 0 bridgehead atoms. The Kier molecular flexibility index (Phi) is 3.88. The Morgan fingerprint density at radius 1 is 1.32 bits per heavy atom. The smallest absolute Gasteiger partial charge is 0.274 e. The van der Waals surface area contributed by atoms with E-state index >= 15 is 0 Å². The van der Waals surface area contributed by atoms with E-state index in [2.05, 4.69) is 15.5 Å². The van der Waals surface area contributed by atoms with Crippen LogP contribution in [0.1, 0.15) is 35.3 Å². The largest absolute Gasteiger partial charge is 0.340 e. The number of carbonyl (C=O) groups is 1. The fraction of sp³-hybridized carbons (Fsp3) is 0.267. The summed E-state index contributed by atoms with van der Waals surface area (Å²) in [5, 5.41) is 13.9. The van der Waals surface area contributed by atoms with Crippen LogP contribution in [0.25, 0.3) is 10.9 Å². The topological polar surface area (TPSA) is 59.8 Å². The summed E-state index contributed by atoms with van der Waals surface area (Å²) in [5.74, 6) is 0.0872. The van der Waals surface area contributed by atoms with E-state index < -0.39 is 0 Å². The summed E-state index contributed by atoms with van der Waals surface area (Å²) in [5.41, 5.74) is 1.47. The van der Waals surface area contributed by atoms with E-state index in [1.54, 1.807) is 0 Å². The van der Waals surface area contributed by atoms with Crippen LogP contribution in [0.2, 0.25) is 5.02 Å². The molecule has 0 saturated heterocycles. The van der Waals surface area contributed by atoms with Gasteiger partial charge in [-0.2, -0.15) is 0 Å². The molecule has 0 atom stereocenters. The highest BCUT2D eigenvalue weighted by atomic mass is 35.5. The number of carbonyl (C=O) groups excluding carboxylic acids is 1. The van der Waals surface area contributed by atoms with Crippen molar-refractivity contribution in [1.29, 1.82) is 0 Å². The van der Waals surface area contributed by atoms with Crippen molar-refractivity contribution in [2.24, 2.45) is 7.05 Å². The molecule has 3 rings (SSSR count). The van der Waals surface area contributed by atoms with Gasteiger partial charge in [-0.25, -0.2) is 0 Å². The second-order valence-electron chi connectivity index (χ2n) is 5.35. The number of aromatic nitrogens is 3. The quantitative estimate of drug-likeness (QED) is 0.785. The number of benzene rings is 1. The Hall–Kier alpha value is -1.92. The van der Waals surface area contributed by atoms with E-state index in [9.17, 15) is 4.79 Å². The maximum atomic E-state index is 12.4. The van der Waals surface area contributed by atoms with Crippen LogP contribution in [-0.4, -0.2) is 20.7 Å². The Bertz CT molecular complexity index is 852. The molecule has 2 aromatic heterocycles. The summed E-state index contributed by atoms with van der Waals surface area (Å²) in [6.45, 7) is 4.08. The normalized spacial score (nSPS) is 11.3. The van der Waals surface area contributed by atoms with Crippen LogP contribution in [0.3, 0.4) is 0 Å². The molecule has 0 aliphatic heterocycles. The van der Waals surface area contributed by atoms with Crippen molar-refractivity contribution in [3.05, 3.63) is 40.0 Å². The number of aryl methyl sites for hydroxylation is 1. The van der Waals surface area contributed by atoms with Crippen molar-refractivity contribution in [2.45, 2.75) is 19.8 Å². The van der Waals surface area contributed by atoms with Gasteiger partial charge in [0.25, 0.3) is 5.91 Å². The summed E-state index contributed by atoms with van der Waals surface area (Å²) >= 11 is 7.41. The molecule has 2 heterocycles. The number of rotatable bonds is 3. The summed E-state index contributed by atoms with van der Waals surface area (Å²) in [7, 11) is 1.84. The van der Waals surface area contributed by atoms with Crippen molar-refractivity contribution in [3.8, 4) is 0 Å². The van der Waals surface area contributed by atoms with Crippen LogP contribution < -0.4 is 5.32 Å². The summed E-state index contributed by atoms with van der Waals surface area (Å²) in [6.07, 6.45) is 0.